The largest absolute Gasteiger partial charge is 0.325 e. The molecule has 0 saturated carbocycles. The fourth-order valence-electron chi connectivity index (χ4n) is 2.36. The van der Waals surface area contributed by atoms with E-state index in [1.807, 2.05) is 11.5 Å². The molecule has 26 heavy (non-hydrogen) atoms. The molecule has 0 radical (unpaired) electrons. The lowest BCUT2D eigenvalue weighted by atomic mass is 10.3. The SMILES string of the molecule is CCn1c(SCC(=O)Nc2ccc(Cl)c(Cl)c2)nnc1-c1csc(C)c1. The van der Waals surface area contributed by atoms with E-state index >= 15 is 0 Å². The first-order valence-corrected chi connectivity index (χ1v) is 10.5. The molecule has 2 heterocycles. The first-order valence-electron chi connectivity index (χ1n) is 7.84. The normalized spacial score (nSPS) is 10.9. The number of carbonyl (C=O) groups is 1. The minimum absolute atomic E-state index is 0.146. The molecule has 0 aliphatic heterocycles. The van der Waals surface area contributed by atoms with Crippen LogP contribution in [0.25, 0.3) is 11.4 Å². The number of halogens is 2. The quantitative estimate of drug-likeness (QED) is 0.537. The molecule has 0 aliphatic carbocycles. The Balaban J connectivity index is 1.66. The first-order chi connectivity index (χ1) is 12.5. The number of aromatic nitrogens is 3. The molecule has 1 N–H and O–H groups in total. The van der Waals surface area contributed by atoms with Crippen LogP contribution >= 0.6 is 46.3 Å². The second-order valence-corrected chi connectivity index (χ2v) is 8.33. The van der Waals surface area contributed by atoms with E-state index in [-0.39, 0.29) is 11.7 Å². The number of thiophene rings is 1. The maximum absolute atomic E-state index is 12.2. The third-order valence-corrected chi connectivity index (χ3v) is 6.12. The minimum atomic E-state index is -0.146. The van der Waals surface area contributed by atoms with Crippen LogP contribution in [-0.2, 0) is 11.3 Å². The van der Waals surface area contributed by atoms with Gasteiger partial charge < -0.3 is 9.88 Å². The molecule has 0 saturated heterocycles. The molecule has 0 fully saturated rings. The van der Waals surface area contributed by atoms with Gasteiger partial charge in [-0.1, -0.05) is 35.0 Å². The van der Waals surface area contributed by atoms with Crippen molar-refractivity contribution in [1.82, 2.24) is 14.8 Å². The van der Waals surface area contributed by atoms with Crippen LogP contribution in [0.15, 0.2) is 34.8 Å². The van der Waals surface area contributed by atoms with Crippen molar-refractivity contribution in [2.24, 2.45) is 0 Å². The van der Waals surface area contributed by atoms with Crippen LogP contribution in [-0.4, -0.2) is 26.4 Å². The van der Waals surface area contributed by atoms with E-state index in [0.29, 0.717) is 15.7 Å². The van der Waals surface area contributed by atoms with Gasteiger partial charge in [0.1, 0.15) is 0 Å². The number of nitrogens with one attached hydrogen (secondary N) is 1. The molecule has 9 heteroatoms. The van der Waals surface area contributed by atoms with Gasteiger partial charge in [0.25, 0.3) is 0 Å². The molecule has 1 amide bonds. The number of thioether (sulfide) groups is 1. The zero-order valence-electron chi connectivity index (χ0n) is 14.1. The molecule has 0 unspecified atom stereocenters. The topological polar surface area (TPSA) is 59.8 Å². The third-order valence-electron chi connectivity index (χ3n) is 3.56. The molecular weight excluding hydrogens is 411 g/mol. The van der Waals surface area contributed by atoms with Crippen molar-refractivity contribution in [3.8, 4) is 11.4 Å². The van der Waals surface area contributed by atoms with Crippen LogP contribution in [0.5, 0.6) is 0 Å². The van der Waals surface area contributed by atoms with Gasteiger partial charge in [0, 0.05) is 28.1 Å². The van der Waals surface area contributed by atoms with Gasteiger partial charge in [0.15, 0.2) is 11.0 Å². The minimum Gasteiger partial charge on any atom is -0.325 e. The Morgan fingerprint density at radius 1 is 1.27 bits per heavy atom. The molecular formula is C17H16Cl2N4OS2. The van der Waals surface area contributed by atoms with Crippen LogP contribution < -0.4 is 5.32 Å². The number of hydrogen-bond donors (Lipinski definition) is 1. The van der Waals surface area contributed by atoms with Crippen LogP contribution in [0.1, 0.15) is 11.8 Å². The standard InChI is InChI=1S/C17H16Cl2N4OS2/c1-3-23-16(11-6-10(2)25-8-11)21-22-17(23)26-9-15(24)20-12-4-5-13(18)14(19)7-12/h4-8H,3,9H2,1-2H3,(H,20,24). The van der Waals surface area contributed by atoms with Gasteiger partial charge in [-0.2, -0.15) is 0 Å². The fraction of sp³-hybridized carbons (Fsp3) is 0.235. The van der Waals surface area contributed by atoms with Gasteiger partial charge in [-0.3, -0.25) is 4.79 Å². The highest BCUT2D eigenvalue weighted by Crippen LogP contribution is 2.28. The van der Waals surface area contributed by atoms with E-state index in [2.05, 4.69) is 33.9 Å². The van der Waals surface area contributed by atoms with E-state index in [4.69, 9.17) is 23.2 Å². The molecule has 136 valence electrons. The lowest BCUT2D eigenvalue weighted by Gasteiger charge is -2.08. The van der Waals surface area contributed by atoms with Crippen LogP contribution in [0, 0.1) is 6.92 Å². The summed E-state index contributed by atoms with van der Waals surface area (Å²) >= 11 is 14.9. The first kappa shape index (κ1) is 19.2. The van der Waals surface area contributed by atoms with E-state index < -0.39 is 0 Å². The molecule has 3 rings (SSSR count). The number of amides is 1. The highest BCUT2D eigenvalue weighted by Gasteiger charge is 2.15. The maximum atomic E-state index is 12.2. The van der Waals surface area contributed by atoms with Gasteiger partial charge in [-0.25, -0.2) is 0 Å². The zero-order valence-corrected chi connectivity index (χ0v) is 17.3. The lowest BCUT2D eigenvalue weighted by Crippen LogP contribution is -2.14. The number of rotatable bonds is 6. The summed E-state index contributed by atoms with van der Waals surface area (Å²) in [5.74, 6) is 0.900. The van der Waals surface area contributed by atoms with Crippen LogP contribution in [0.3, 0.4) is 0 Å². The van der Waals surface area contributed by atoms with Crippen molar-refractivity contribution in [2.45, 2.75) is 25.5 Å². The second-order valence-electron chi connectivity index (χ2n) is 5.46. The molecule has 0 bridgehead atoms. The lowest BCUT2D eigenvalue weighted by molar-refractivity contribution is -0.113. The number of hydrogen-bond acceptors (Lipinski definition) is 5. The highest BCUT2D eigenvalue weighted by atomic mass is 35.5. The Labute approximate surface area is 169 Å². The summed E-state index contributed by atoms with van der Waals surface area (Å²) in [7, 11) is 0. The van der Waals surface area contributed by atoms with E-state index in [1.54, 1.807) is 29.5 Å². The average molecular weight is 427 g/mol. The summed E-state index contributed by atoms with van der Waals surface area (Å²) in [5, 5.41) is 15.0. The number of nitrogens with zero attached hydrogens (tertiary/aromatic N) is 3. The molecule has 3 aromatic rings. The number of aryl methyl sites for hydroxylation is 1. The van der Waals surface area contributed by atoms with Crippen molar-refractivity contribution < 1.29 is 4.79 Å². The molecule has 0 aliphatic rings. The summed E-state index contributed by atoms with van der Waals surface area (Å²) in [6.45, 7) is 4.82. The van der Waals surface area contributed by atoms with Gasteiger partial charge >= 0.3 is 0 Å². The summed E-state index contributed by atoms with van der Waals surface area (Å²) in [4.78, 5) is 13.4. The van der Waals surface area contributed by atoms with Gasteiger partial charge in [-0.15, -0.1) is 21.5 Å². The number of carbonyl (C=O) groups excluding carboxylic acids is 1. The average Bonchev–Trinajstić information content (AvgIpc) is 3.21. The van der Waals surface area contributed by atoms with Crippen LogP contribution in [0.4, 0.5) is 5.69 Å². The maximum Gasteiger partial charge on any atom is 0.234 e. The van der Waals surface area contributed by atoms with Gasteiger partial charge in [0.2, 0.25) is 5.91 Å². The Morgan fingerprint density at radius 2 is 2.08 bits per heavy atom. The van der Waals surface area contributed by atoms with Crippen molar-refractivity contribution >= 4 is 57.9 Å². The third kappa shape index (κ3) is 4.40. The summed E-state index contributed by atoms with van der Waals surface area (Å²) in [6, 6.07) is 7.07. The Hall–Kier alpha value is -1.54. The van der Waals surface area contributed by atoms with Crippen molar-refractivity contribution in [3.63, 3.8) is 0 Å². The van der Waals surface area contributed by atoms with Crippen LogP contribution in [0.2, 0.25) is 10.0 Å². The number of benzene rings is 1. The fourth-order valence-corrected chi connectivity index (χ4v) is 4.14. The molecule has 0 atom stereocenters. The van der Waals surface area contributed by atoms with E-state index in [0.717, 1.165) is 23.1 Å². The molecule has 2 aromatic heterocycles. The zero-order chi connectivity index (χ0) is 18.7. The monoisotopic (exact) mass is 426 g/mol. The van der Waals surface area contributed by atoms with Crippen molar-refractivity contribution in [1.29, 1.82) is 0 Å². The van der Waals surface area contributed by atoms with Crippen molar-refractivity contribution in [2.75, 3.05) is 11.1 Å². The summed E-state index contributed by atoms with van der Waals surface area (Å²) in [5.41, 5.74) is 1.66. The highest BCUT2D eigenvalue weighted by molar-refractivity contribution is 7.99. The van der Waals surface area contributed by atoms with Gasteiger partial charge in [0.05, 0.1) is 15.8 Å². The Kier molecular flexibility index (Phi) is 6.24. The van der Waals surface area contributed by atoms with E-state index in [1.165, 1.54) is 16.6 Å². The summed E-state index contributed by atoms with van der Waals surface area (Å²) < 4.78 is 2.01. The molecule has 1 aromatic carbocycles. The van der Waals surface area contributed by atoms with Gasteiger partial charge in [-0.05, 0) is 38.1 Å². The van der Waals surface area contributed by atoms with E-state index in [9.17, 15) is 4.79 Å². The number of anilines is 1. The molecule has 5 nitrogen and oxygen atoms in total. The smallest absolute Gasteiger partial charge is 0.234 e. The predicted molar refractivity (Wildman–Crippen MR) is 110 cm³/mol. The Bertz CT molecular complexity index is 939. The molecule has 0 spiro atoms. The Morgan fingerprint density at radius 3 is 2.73 bits per heavy atom. The van der Waals surface area contributed by atoms with Crippen molar-refractivity contribution in [3.05, 3.63) is 44.6 Å². The predicted octanol–water partition coefficient (Wildman–Crippen LogP) is 5.37. The summed E-state index contributed by atoms with van der Waals surface area (Å²) in [6.07, 6.45) is 0. The second kappa shape index (κ2) is 8.43.